The molecule has 3 heterocycles. The summed E-state index contributed by atoms with van der Waals surface area (Å²) in [5.41, 5.74) is 1.47. The van der Waals surface area contributed by atoms with Crippen molar-refractivity contribution in [3.63, 3.8) is 0 Å². The third kappa shape index (κ3) is 3.00. The van der Waals surface area contributed by atoms with Gasteiger partial charge >= 0.3 is 0 Å². The minimum absolute atomic E-state index is 0.0513. The standard InChI is InChI=1S/C19H20N2O5/c1-13-11-16-17(26-10-9-25-16)12-14(13)18(22)20-4-6-21(7-5-20)19(23)15-3-2-8-24-15/h2-3,8,11-12H,4-7,9-10H2,1H3. The van der Waals surface area contributed by atoms with Crippen molar-refractivity contribution in [2.75, 3.05) is 39.4 Å². The van der Waals surface area contributed by atoms with E-state index < -0.39 is 0 Å². The highest BCUT2D eigenvalue weighted by molar-refractivity contribution is 5.97. The van der Waals surface area contributed by atoms with Crippen molar-refractivity contribution in [2.24, 2.45) is 0 Å². The molecule has 2 aliphatic heterocycles. The van der Waals surface area contributed by atoms with Crippen LogP contribution in [-0.2, 0) is 0 Å². The molecule has 0 radical (unpaired) electrons. The number of carbonyl (C=O) groups is 2. The lowest BCUT2D eigenvalue weighted by atomic mass is 10.1. The average molecular weight is 356 g/mol. The first-order valence-electron chi connectivity index (χ1n) is 8.66. The number of amides is 2. The van der Waals surface area contributed by atoms with E-state index in [0.717, 1.165) is 5.56 Å². The number of hydrogen-bond donors (Lipinski definition) is 0. The van der Waals surface area contributed by atoms with Crippen LogP contribution in [0.5, 0.6) is 11.5 Å². The van der Waals surface area contributed by atoms with Gasteiger partial charge in [-0.15, -0.1) is 0 Å². The summed E-state index contributed by atoms with van der Waals surface area (Å²) in [6.07, 6.45) is 1.48. The van der Waals surface area contributed by atoms with Crippen LogP contribution in [0.2, 0.25) is 0 Å². The quantitative estimate of drug-likeness (QED) is 0.822. The molecule has 4 rings (SSSR count). The first kappa shape index (κ1) is 16.5. The number of piperazine rings is 1. The minimum atomic E-state index is -0.141. The zero-order valence-corrected chi connectivity index (χ0v) is 14.6. The normalized spacial score (nSPS) is 16.5. The number of ether oxygens (including phenoxy) is 2. The summed E-state index contributed by atoms with van der Waals surface area (Å²) in [7, 11) is 0. The van der Waals surface area contributed by atoms with Crippen LogP contribution in [0.1, 0.15) is 26.5 Å². The molecule has 2 amide bonds. The molecule has 7 nitrogen and oxygen atoms in total. The van der Waals surface area contributed by atoms with Gasteiger partial charge in [-0.1, -0.05) is 0 Å². The number of hydrogen-bond acceptors (Lipinski definition) is 5. The molecule has 0 atom stereocenters. The Morgan fingerprint density at radius 3 is 2.15 bits per heavy atom. The number of benzene rings is 1. The van der Waals surface area contributed by atoms with Crippen molar-refractivity contribution < 1.29 is 23.5 Å². The summed E-state index contributed by atoms with van der Waals surface area (Å²) in [6, 6.07) is 6.95. The number of carbonyl (C=O) groups excluding carboxylic acids is 2. The fourth-order valence-electron chi connectivity index (χ4n) is 3.26. The molecule has 1 fully saturated rings. The first-order valence-corrected chi connectivity index (χ1v) is 8.66. The summed E-state index contributed by atoms with van der Waals surface area (Å²) in [5, 5.41) is 0. The molecule has 0 aliphatic carbocycles. The van der Waals surface area contributed by atoms with Gasteiger partial charge in [0.15, 0.2) is 17.3 Å². The molecule has 0 spiro atoms. The van der Waals surface area contributed by atoms with Crippen molar-refractivity contribution in [3.05, 3.63) is 47.4 Å². The number of rotatable bonds is 2. The van der Waals surface area contributed by atoms with E-state index in [9.17, 15) is 9.59 Å². The van der Waals surface area contributed by atoms with Gasteiger partial charge in [0.2, 0.25) is 0 Å². The molecule has 0 bridgehead atoms. The monoisotopic (exact) mass is 356 g/mol. The molecule has 1 aromatic carbocycles. The van der Waals surface area contributed by atoms with Gasteiger partial charge in [-0.3, -0.25) is 9.59 Å². The smallest absolute Gasteiger partial charge is 0.289 e. The summed E-state index contributed by atoms with van der Waals surface area (Å²) < 4.78 is 16.3. The van der Waals surface area contributed by atoms with E-state index in [4.69, 9.17) is 13.9 Å². The molecule has 0 unspecified atom stereocenters. The SMILES string of the molecule is Cc1cc2c(cc1C(=O)N1CCN(C(=O)c3ccco3)CC1)OCCO2. The third-order valence-electron chi connectivity index (χ3n) is 4.71. The Bertz CT molecular complexity index is 823. The van der Waals surface area contributed by atoms with Crippen molar-refractivity contribution in [2.45, 2.75) is 6.92 Å². The molecule has 2 aliphatic rings. The average Bonchev–Trinajstić information content (AvgIpc) is 3.21. The molecule has 0 N–H and O–H groups in total. The molecule has 1 saturated heterocycles. The second kappa shape index (κ2) is 6.74. The Kier molecular flexibility index (Phi) is 4.28. The maximum absolute atomic E-state index is 12.9. The van der Waals surface area contributed by atoms with Gasteiger partial charge < -0.3 is 23.7 Å². The maximum atomic E-state index is 12.9. The van der Waals surface area contributed by atoms with Crippen molar-refractivity contribution in [3.8, 4) is 11.5 Å². The van der Waals surface area contributed by atoms with Gasteiger partial charge in [0.1, 0.15) is 13.2 Å². The Morgan fingerprint density at radius 1 is 0.923 bits per heavy atom. The van der Waals surface area contributed by atoms with E-state index in [-0.39, 0.29) is 11.8 Å². The number of furan rings is 1. The molecular weight excluding hydrogens is 336 g/mol. The van der Waals surface area contributed by atoms with E-state index in [0.29, 0.717) is 62.2 Å². The summed E-state index contributed by atoms with van der Waals surface area (Å²) >= 11 is 0. The van der Waals surface area contributed by atoms with Gasteiger partial charge in [0, 0.05) is 31.7 Å². The number of fused-ring (bicyclic) bond motifs is 1. The van der Waals surface area contributed by atoms with Gasteiger partial charge in [-0.2, -0.15) is 0 Å². The van der Waals surface area contributed by atoms with E-state index in [2.05, 4.69) is 0 Å². The third-order valence-corrected chi connectivity index (χ3v) is 4.71. The fourth-order valence-corrected chi connectivity index (χ4v) is 3.26. The van der Waals surface area contributed by atoms with Gasteiger partial charge in [0.25, 0.3) is 11.8 Å². The predicted octanol–water partition coefficient (Wildman–Crippen LogP) is 1.96. The lowest BCUT2D eigenvalue weighted by molar-refractivity contribution is 0.0517. The van der Waals surface area contributed by atoms with Crippen LogP contribution in [-0.4, -0.2) is 61.0 Å². The van der Waals surface area contributed by atoms with Crippen LogP contribution >= 0.6 is 0 Å². The second-order valence-electron chi connectivity index (χ2n) is 6.37. The van der Waals surface area contributed by atoms with Crippen molar-refractivity contribution in [1.29, 1.82) is 0 Å². The molecule has 136 valence electrons. The van der Waals surface area contributed by atoms with Crippen molar-refractivity contribution >= 4 is 11.8 Å². The first-order chi connectivity index (χ1) is 12.6. The van der Waals surface area contributed by atoms with Crippen LogP contribution < -0.4 is 9.47 Å². The van der Waals surface area contributed by atoms with Crippen LogP contribution in [0.25, 0.3) is 0 Å². The summed E-state index contributed by atoms with van der Waals surface area (Å²) in [4.78, 5) is 28.7. The van der Waals surface area contributed by atoms with Crippen LogP contribution in [0, 0.1) is 6.92 Å². The molecule has 1 aromatic heterocycles. The predicted molar refractivity (Wildman–Crippen MR) is 92.7 cm³/mol. The van der Waals surface area contributed by atoms with Crippen LogP contribution in [0.4, 0.5) is 0 Å². The van der Waals surface area contributed by atoms with E-state index in [1.807, 2.05) is 13.0 Å². The zero-order valence-electron chi connectivity index (χ0n) is 14.6. The highest BCUT2D eigenvalue weighted by Crippen LogP contribution is 2.33. The highest BCUT2D eigenvalue weighted by Gasteiger charge is 2.28. The van der Waals surface area contributed by atoms with E-state index in [1.165, 1.54) is 6.26 Å². The van der Waals surface area contributed by atoms with Crippen molar-refractivity contribution in [1.82, 2.24) is 9.80 Å². The Hall–Kier alpha value is -2.96. The lowest BCUT2D eigenvalue weighted by Gasteiger charge is -2.34. The fraction of sp³-hybridized carbons (Fsp3) is 0.368. The van der Waals surface area contributed by atoms with E-state index in [1.54, 1.807) is 28.0 Å². The Morgan fingerprint density at radius 2 is 1.54 bits per heavy atom. The maximum Gasteiger partial charge on any atom is 0.289 e. The Balaban J connectivity index is 1.45. The van der Waals surface area contributed by atoms with Gasteiger partial charge in [0.05, 0.1) is 6.26 Å². The van der Waals surface area contributed by atoms with Crippen LogP contribution in [0.3, 0.4) is 0 Å². The second-order valence-corrected chi connectivity index (χ2v) is 6.37. The molecule has 0 saturated carbocycles. The molecule has 2 aromatic rings. The molecular formula is C19H20N2O5. The highest BCUT2D eigenvalue weighted by atomic mass is 16.6. The Labute approximate surface area is 151 Å². The topological polar surface area (TPSA) is 72.2 Å². The summed E-state index contributed by atoms with van der Waals surface area (Å²) in [6.45, 7) is 4.83. The number of nitrogens with zero attached hydrogens (tertiary/aromatic N) is 2. The van der Waals surface area contributed by atoms with Crippen LogP contribution in [0.15, 0.2) is 34.9 Å². The molecule has 7 heteroatoms. The molecule has 26 heavy (non-hydrogen) atoms. The summed E-state index contributed by atoms with van der Waals surface area (Å²) in [5.74, 6) is 1.42. The van der Waals surface area contributed by atoms with E-state index >= 15 is 0 Å². The largest absolute Gasteiger partial charge is 0.486 e. The van der Waals surface area contributed by atoms with Gasteiger partial charge in [-0.05, 0) is 36.8 Å². The zero-order chi connectivity index (χ0) is 18.1. The van der Waals surface area contributed by atoms with Gasteiger partial charge in [-0.25, -0.2) is 0 Å². The number of aryl methyl sites for hydroxylation is 1. The minimum Gasteiger partial charge on any atom is -0.486 e. The lowest BCUT2D eigenvalue weighted by Crippen LogP contribution is -2.50.